The average molecular weight is 396 g/mol. The van der Waals surface area contributed by atoms with Crippen molar-refractivity contribution in [3.63, 3.8) is 0 Å². The van der Waals surface area contributed by atoms with E-state index in [2.05, 4.69) is 5.32 Å². The molecule has 0 heterocycles. The van der Waals surface area contributed by atoms with Crippen LogP contribution in [0.5, 0.6) is 11.5 Å². The Labute approximate surface area is 161 Å². The molecule has 0 bridgehead atoms. The van der Waals surface area contributed by atoms with Crippen LogP contribution in [0.25, 0.3) is 0 Å². The average Bonchev–Trinajstić information content (AvgIpc) is 2.63. The predicted molar refractivity (Wildman–Crippen MR) is 98.7 cm³/mol. The van der Waals surface area contributed by atoms with E-state index in [1.807, 2.05) is 6.92 Å². The summed E-state index contributed by atoms with van der Waals surface area (Å²) in [5.74, 6) is -0.954. The van der Waals surface area contributed by atoms with E-state index < -0.39 is 23.8 Å². The molecule has 0 spiro atoms. The van der Waals surface area contributed by atoms with Crippen molar-refractivity contribution < 1.29 is 28.2 Å². The predicted octanol–water partition coefficient (Wildman–Crippen LogP) is 3.83. The molecule has 0 aliphatic carbocycles. The van der Waals surface area contributed by atoms with Gasteiger partial charge in [0.15, 0.2) is 12.7 Å². The number of nitrogens with one attached hydrogen (secondary N) is 1. The largest absolute Gasteiger partial charge is 0.494 e. The van der Waals surface area contributed by atoms with Gasteiger partial charge in [-0.2, -0.15) is 0 Å². The summed E-state index contributed by atoms with van der Waals surface area (Å²) < 4.78 is 29.3. The van der Waals surface area contributed by atoms with Gasteiger partial charge in [-0.3, -0.25) is 4.79 Å². The third-order valence-corrected chi connectivity index (χ3v) is 3.59. The monoisotopic (exact) mass is 395 g/mol. The molecule has 0 aromatic heterocycles. The molecule has 0 aliphatic rings. The number of benzene rings is 2. The van der Waals surface area contributed by atoms with Crippen LogP contribution in [0.4, 0.5) is 10.1 Å². The molecular formula is C19H19ClFNO5. The molecule has 1 atom stereocenters. The molecule has 2 aromatic carbocycles. The SMILES string of the molecule is CCOc1ccc(OCC(=O)OC(C)C(=O)Nc2ccc(Cl)cc2F)cc1. The number of carbonyl (C=O) groups is 2. The Hall–Kier alpha value is -2.80. The fourth-order valence-electron chi connectivity index (χ4n) is 2.05. The van der Waals surface area contributed by atoms with Gasteiger partial charge in [0.05, 0.1) is 12.3 Å². The Kier molecular flexibility index (Phi) is 7.43. The van der Waals surface area contributed by atoms with Crippen molar-refractivity contribution in [2.24, 2.45) is 0 Å². The summed E-state index contributed by atoms with van der Waals surface area (Å²) in [4.78, 5) is 23.8. The van der Waals surface area contributed by atoms with Crippen LogP contribution in [0, 0.1) is 5.82 Å². The highest BCUT2D eigenvalue weighted by Crippen LogP contribution is 2.19. The molecule has 8 heteroatoms. The molecular weight excluding hydrogens is 377 g/mol. The number of halogens is 2. The Morgan fingerprint density at radius 2 is 1.74 bits per heavy atom. The Morgan fingerprint density at radius 1 is 1.11 bits per heavy atom. The van der Waals surface area contributed by atoms with Gasteiger partial charge in [0.2, 0.25) is 0 Å². The Balaban J connectivity index is 1.81. The zero-order valence-corrected chi connectivity index (χ0v) is 15.6. The fourth-order valence-corrected chi connectivity index (χ4v) is 2.21. The lowest BCUT2D eigenvalue weighted by molar-refractivity contribution is -0.155. The van der Waals surface area contributed by atoms with Crippen LogP contribution in [0.1, 0.15) is 13.8 Å². The first-order valence-corrected chi connectivity index (χ1v) is 8.58. The molecule has 144 valence electrons. The van der Waals surface area contributed by atoms with E-state index in [1.54, 1.807) is 24.3 Å². The number of ether oxygens (including phenoxy) is 3. The molecule has 0 aliphatic heterocycles. The lowest BCUT2D eigenvalue weighted by Gasteiger charge is -2.14. The van der Waals surface area contributed by atoms with Crippen molar-refractivity contribution >= 4 is 29.2 Å². The zero-order chi connectivity index (χ0) is 19.8. The number of hydrogen-bond donors (Lipinski definition) is 1. The molecule has 6 nitrogen and oxygen atoms in total. The maximum absolute atomic E-state index is 13.7. The Bertz CT molecular complexity index is 797. The van der Waals surface area contributed by atoms with Crippen LogP contribution in [0.2, 0.25) is 5.02 Å². The molecule has 2 rings (SSSR count). The summed E-state index contributed by atoms with van der Waals surface area (Å²) >= 11 is 5.65. The molecule has 0 saturated heterocycles. The van der Waals surface area contributed by atoms with Crippen molar-refractivity contribution in [1.29, 1.82) is 0 Å². The maximum atomic E-state index is 13.7. The van der Waals surface area contributed by atoms with Gasteiger partial charge < -0.3 is 19.5 Å². The summed E-state index contributed by atoms with van der Waals surface area (Å²) in [6.07, 6.45) is -1.13. The second kappa shape index (κ2) is 9.78. The van der Waals surface area contributed by atoms with Crippen LogP contribution in [0.3, 0.4) is 0 Å². The number of amides is 1. The fraction of sp³-hybridized carbons (Fsp3) is 0.263. The van der Waals surface area contributed by atoms with Gasteiger partial charge >= 0.3 is 5.97 Å². The number of anilines is 1. The lowest BCUT2D eigenvalue weighted by Crippen LogP contribution is -2.31. The van der Waals surface area contributed by atoms with Crippen LogP contribution in [-0.2, 0) is 14.3 Å². The van der Waals surface area contributed by atoms with E-state index in [4.69, 9.17) is 25.8 Å². The summed E-state index contributed by atoms with van der Waals surface area (Å²) in [7, 11) is 0. The van der Waals surface area contributed by atoms with Crippen molar-refractivity contribution in [1.82, 2.24) is 0 Å². The number of esters is 1. The molecule has 0 fully saturated rings. The molecule has 0 saturated carbocycles. The normalized spacial score (nSPS) is 11.4. The van der Waals surface area contributed by atoms with Gasteiger partial charge in [0.25, 0.3) is 5.91 Å². The van der Waals surface area contributed by atoms with Crippen molar-refractivity contribution in [3.8, 4) is 11.5 Å². The summed E-state index contributed by atoms with van der Waals surface area (Å²) in [5, 5.41) is 2.54. The van der Waals surface area contributed by atoms with Gasteiger partial charge in [-0.05, 0) is 56.3 Å². The van der Waals surface area contributed by atoms with Gasteiger partial charge in [-0.25, -0.2) is 9.18 Å². The molecule has 1 amide bonds. The minimum atomic E-state index is -1.13. The van der Waals surface area contributed by atoms with Crippen LogP contribution >= 0.6 is 11.6 Å². The van der Waals surface area contributed by atoms with Crippen molar-refractivity contribution in [2.45, 2.75) is 20.0 Å². The first-order chi connectivity index (χ1) is 12.9. The summed E-state index contributed by atoms with van der Waals surface area (Å²) in [5.41, 5.74) is -0.0575. The standard InChI is InChI=1S/C19H19ClFNO5/c1-3-25-14-5-7-15(8-6-14)26-11-18(23)27-12(2)19(24)22-17-9-4-13(20)10-16(17)21/h4-10,12H,3,11H2,1-2H3,(H,22,24). The highest BCUT2D eigenvalue weighted by Gasteiger charge is 2.19. The number of carbonyl (C=O) groups excluding carboxylic acids is 2. The first kappa shape index (κ1) is 20.5. The molecule has 1 unspecified atom stereocenters. The highest BCUT2D eigenvalue weighted by molar-refractivity contribution is 6.30. The highest BCUT2D eigenvalue weighted by atomic mass is 35.5. The zero-order valence-electron chi connectivity index (χ0n) is 14.8. The van der Waals surface area contributed by atoms with E-state index in [9.17, 15) is 14.0 Å². The van der Waals surface area contributed by atoms with E-state index in [0.29, 0.717) is 18.1 Å². The smallest absolute Gasteiger partial charge is 0.344 e. The van der Waals surface area contributed by atoms with Crippen LogP contribution in [0.15, 0.2) is 42.5 Å². The number of hydrogen-bond acceptors (Lipinski definition) is 5. The summed E-state index contributed by atoms with van der Waals surface area (Å²) in [6.45, 7) is 3.42. The topological polar surface area (TPSA) is 73.9 Å². The van der Waals surface area contributed by atoms with Gasteiger partial charge in [-0.1, -0.05) is 11.6 Å². The second-order valence-electron chi connectivity index (χ2n) is 5.44. The first-order valence-electron chi connectivity index (χ1n) is 8.20. The maximum Gasteiger partial charge on any atom is 0.344 e. The van der Waals surface area contributed by atoms with Crippen LogP contribution in [-0.4, -0.2) is 31.2 Å². The van der Waals surface area contributed by atoms with E-state index in [0.717, 1.165) is 6.07 Å². The molecule has 2 aromatic rings. The minimum Gasteiger partial charge on any atom is -0.494 e. The Morgan fingerprint density at radius 3 is 2.33 bits per heavy atom. The summed E-state index contributed by atoms with van der Waals surface area (Å²) in [6, 6.07) is 10.5. The molecule has 27 heavy (non-hydrogen) atoms. The quantitative estimate of drug-likeness (QED) is 0.688. The van der Waals surface area contributed by atoms with E-state index in [1.165, 1.54) is 19.1 Å². The molecule has 1 N–H and O–H groups in total. The minimum absolute atomic E-state index is 0.0575. The lowest BCUT2D eigenvalue weighted by atomic mass is 10.3. The van der Waals surface area contributed by atoms with E-state index >= 15 is 0 Å². The van der Waals surface area contributed by atoms with Gasteiger partial charge in [-0.15, -0.1) is 0 Å². The van der Waals surface area contributed by atoms with Crippen LogP contribution < -0.4 is 14.8 Å². The van der Waals surface area contributed by atoms with Gasteiger partial charge in [0.1, 0.15) is 17.3 Å². The van der Waals surface area contributed by atoms with E-state index in [-0.39, 0.29) is 17.3 Å². The molecule has 0 radical (unpaired) electrons. The number of rotatable bonds is 8. The third-order valence-electron chi connectivity index (χ3n) is 3.36. The van der Waals surface area contributed by atoms with Crippen molar-refractivity contribution in [3.05, 3.63) is 53.3 Å². The van der Waals surface area contributed by atoms with Crippen molar-refractivity contribution in [2.75, 3.05) is 18.5 Å². The third kappa shape index (κ3) is 6.45. The second-order valence-corrected chi connectivity index (χ2v) is 5.88. The van der Waals surface area contributed by atoms with Gasteiger partial charge in [0, 0.05) is 5.02 Å².